The lowest BCUT2D eigenvalue weighted by atomic mass is 10.0. The summed E-state index contributed by atoms with van der Waals surface area (Å²) in [6, 6.07) is 18.5. The van der Waals surface area contributed by atoms with Gasteiger partial charge in [-0.3, -0.25) is 4.99 Å². The predicted octanol–water partition coefficient (Wildman–Crippen LogP) is 2.59. The Hall–Kier alpha value is -3.21. The van der Waals surface area contributed by atoms with Gasteiger partial charge in [0.05, 0.1) is 26.4 Å². The maximum atomic E-state index is 15.8. The molecule has 2 aromatic rings. The molecule has 34 heavy (non-hydrogen) atoms. The minimum absolute atomic E-state index is 0.0944. The monoisotopic (exact) mass is 469 g/mol. The van der Waals surface area contributed by atoms with E-state index in [0.717, 1.165) is 11.1 Å². The molecule has 0 spiro atoms. The van der Waals surface area contributed by atoms with Crippen molar-refractivity contribution in [2.75, 3.05) is 13.2 Å². The van der Waals surface area contributed by atoms with Crippen LogP contribution in [0, 0.1) is 0 Å². The molecule has 10 heteroatoms. The van der Waals surface area contributed by atoms with E-state index in [-0.39, 0.29) is 31.4 Å². The van der Waals surface area contributed by atoms with Crippen molar-refractivity contribution in [3.63, 3.8) is 0 Å². The van der Waals surface area contributed by atoms with Gasteiger partial charge in [0.2, 0.25) is 0 Å². The van der Waals surface area contributed by atoms with Gasteiger partial charge in [0.25, 0.3) is 0 Å². The number of fused-ring (bicyclic) bond motifs is 1. The van der Waals surface area contributed by atoms with Crippen molar-refractivity contribution in [1.82, 2.24) is 5.01 Å². The number of amidine groups is 3. The molecule has 0 saturated carbocycles. The Bertz CT molecular complexity index is 1080. The number of hydrazone groups is 1. The van der Waals surface area contributed by atoms with E-state index < -0.39 is 36.6 Å². The summed E-state index contributed by atoms with van der Waals surface area (Å²) in [4.78, 5) is 7.77. The highest BCUT2D eigenvalue weighted by Gasteiger charge is 2.53. The van der Waals surface area contributed by atoms with Crippen LogP contribution in [-0.2, 0) is 27.4 Å². The van der Waals surface area contributed by atoms with Crippen LogP contribution < -0.4 is 5.73 Å². The lowest BCUT2D eigenvalue weighted by molar-refractivity contribution is -0.0785. The van der Waals surface area contributed by atoms with Gasteiger partial charge in [0.15, 0.2) is 17.8 Å². The van der Waals surface area contributed by atoms with Crippen molar-refractivity contribution >= 4 is 17.8 Å². The number of nitrogens with two attached hydrogens (primary N) is 1. The zero-order valence-electron chi connectivity index (χ0n) is 18.3. The maximum Gasteiger partial charge on any atom is 0.327 e. The Morgan fingerprint density at radius 2 is 1.71 bits per heavy atom. The average molecular weight is 469 g/mol. The Labute approximate surface area is 195 Å². The topological polar surface area (TPSA) is 94.0 Å². The van der Waals surface area contributed by atoms with Crippen molar-refractivity contribution in [2.45, 2.75) is 43.7 Å². The van der Waals surface area contributed by atoms with Gasteiger partial charge < -0.3 is 19.9 Å². The summed E-state index contributed by atoms with van der Waals surface area (Å²) in [5.41, 5.74) is 7.69. The second kappa shape index (κ2) is 9.96. The summed E-state index contributed by atoms with van der Waals surface area (Å²) >= 11 is 0. The predicted molar refractivity (Wildman–Crippen MR) is 123 cm³/mol. The standard InChI is InChI=1S/C24H25F2N5O3/c25-19-20(17-11-28-23-22(27)29-24(26)30-31(17)23)34-18(14-32-12-15-7-3-1-4-8-15)21(19)33-13-16-9-5-2-6-10-16/h1-10,17-21H,11-14H2,(H2,27,29,30)/t17?,18-,19+,20+,21-/m1/s1. The molecule has 2 aromatic carbocycles. The Balaban J connectivity index is 1.29. The van der Waals surface area contributed by atoms with Gasteiger partial charge in [-0.25, -0.2) is 9.40 Å². The molecular weight excluding hydrogens is 444 g/mol. The SMILES string of the molecule is NC1=NC(F)=NN2C1=NCC2[C@@H]1O[C@H](COCc2ccccc2)[C@@H](OCc2ccccc2)[C@H]1F. The minimum Gasteiger partial charge on any atom is -0.380 e. The zero-order chi connectivity index (χ0) is 23.5. The van der Waals surface area contributed by atoms with Crippen LogP contribution >= 0.6 is 0 Å². The molecule has 178 valence electrons. The normalized spacial score (nSPS) is 28.4. The van der Waals surface area contributed by atoms with Gasteiger partial charge in [0.1, 0.15) is 24.4 Å². The summed E-state index contributed by atoms with van der Waals surface area (Å²) in [6.07, 6.45) is -5.02. The lowest BCUT2D eigenvalue weighted by Gasteiger charge is -2.29. The largest absolute Gasteiger partial charge is 0.380 e. The van der Waals surface area contributed by atoms with Crippen LogP contribution in [0.4, 0.5) is 8.78 Å². The van der Waals surface area contributed by atoms with Gasteiger partial charge in [-0.1, -0.05) is 60.7 Å². The summed E-state index contributed by atoms with van der Waals surface area (Å²) < 4.78 is 47.5. The Morgan fingerprint density at radius 1 is 1.03 bits per heavy atom. The number of alkyl halides is 1. The number of halogens is 2. The highest BCUT2D eigenvalue weighted by Crippen LogP contribution is 2.34. The van der Waals surface area contributed by atoms with Crippen molar-refractivity contribution in [3.8, 4) is 0 Å². The molecule has 5 atom stereocenters. The van der Waals surface area contributed by atoms with E-state index in [1.54, 1.807) is 0 Å². The molecule has 0 aromatic heterocycles. The molecule has 3 aliphatic heterocycles. The van der Waals surface area contributed by atoms with Crippen LogP contribution in [0.3, 0.4) is 0 Å². The van der Waals surface area contributed by atoms with Crippen LogP contribution in [0.1, 0.15) is 11.1 Å². The van der Waals surface area contributed by atoms with Gasteiger partial charge in [-0.2, -0.15) is 9.38 Å². The quantitative estimate of drug-likeness (QED) is 0.600. The molecule has 3 heterocycles. The van der Waals surface area contributed by atoms with E-state index in [0.29, 0.717) is 6.61 Å². The number of benzene rings is 2. The third kappa shape index (κ3) is 4.70. The second-order valence-corrected chi connectivity index (χ2v) is 8.29. The molecule has 1 saturated heterocycles. The number of hydrogen-bond donors (Lipinski definition) is 1. The maximum absolute atomic E-state index is 15.8. The molecule has 0 aliphatic carbocycles. The number of nitrogens with zero attached hydrogens (tertiary/aromatic N) is 4. The van der Waals surface area contributed by atoms with E-state index in [1.807, 2.05) is 60.7 Å². The van der Waals surface area contributed by atoms with Gasteiger partial charge in [-0.05, 0) is 11.1 Å². The second-order valence-electron chi connectivity index (χ2n) is 8.29. The Kier molecular flexibility index (Phi) is 6.61. The molecule has 0 radical (unpaired) electrons. The first-order valence-corrected chi connectivity index (χ1v) is 11.1. The average Bonchev–Trinajstić information content (AvgIpc) is 3.40. The number of ether oxygens (including phenoxy) is 3. The fourth-order valence-corrected chi connectivity index (χ4v) is 4.33. The molecule has 1 unspecified atom stereocenters. The van der Waals surface area contributed by atoms with E-state index in [4.69, 9.17) is 19.9 Å². The van der Waals surface area contributed by atoms with E-state index in [2.05, 4.69) is 15.1 Å². The van der Waals surface area contributed by atoms with E-state index in [1.165, 1.54) is 5.01 Å². The number of rotatable bonds is 8. The molecule has 0 amide bonds. The van der Waals surface area contributed by atoms with Gasteiger partial charge >= 0.3 is 6.09 Å². The summed E-state index contributed by atoms with van der Waals surface area (Å²) in [5, 5.41) is 5.03. The van der Waals surface area contributed by atoms with Crippen LogP contribution in [0.25, 0.3) is 0 Å². The first-order valence-electron chi connectivity index (χ1n) is 11.1. The summed E-state index contributed by atoms with van der Waals surface area (Å²) in [6.45, 7) is 0.863. The molecule has 2 N–H and O–H groups in total. The summed E-state index contributed by atoms with van der Waals surface area (Å²) in [7, 11) is 0. The molecule has 0 bridgehead atoms. The third-order valence-electron chi connectivity index (χ3n) is 5.98. The van der Waals surface area contributed by atoms with Gasteiger partial charge in [0, 0.05) is 0 Å². The van der Waals surface area contributed by atoms with Crippen LogP contribution in [-0.4, -0.2) is 66.4 Å². The third-order valence-corrected chi connectivity index (χ3v) is 5.98. The smallest absolute Gasteiger partial charge is 0.327 e. The zero-order valence-corrected chi connectivity index (χ0v) is 18.3. The molecule has 1 fully saturated rings. The lowest BCUT2D eigenvalue weighted by Crippen LogP contribution is -2.50. The van der Waals surface area contributed by atoms with Crippen molar-refractivity contribution in [1.29, 1.82) is 0 Å². The highest BCUT2D eigenvalue weighted by molar-refractivity contribution is 6.42. The minimum atomic E-state index is -1.51. The first kappa shape index (κ1) is 22.6. The fourth-order valence-electron chi connectivity index (χ4n) is 4.33. The Morgan fingerprint density at radius 3 is 2.41 bits per heavy atom. The van der Waals surface area contributed by atoms with E-state index in [9.17, 15) is 4.39 Å². The first-order chi connectivity index (χ1) is 16.6. The highest BCUT2D eigenvalue weighted by atomic mass is 19.1. The molecule has 8 nitrogen and oxygen atoms in total. The summed E-state index contributed by atoms with van der Waals surface area (Å²) in [5.74, 6) is 0.121. The van der Waals surface area contributed by atoms with E-state index >= 15 is 4.39 Å². The van der Waals surface area contributed by atoms with Crippen LogP contribution in [0.15, 0.2) is 75.7 Å². The van der Waals surface area contributed by atoms with Crippen molar-refractivity contribution < 1.29 is 23.0 Å². The molecule has 5 rings (SSSR count). The number of hydrogen-bond acceptors (Lipinski definition) is 8. The number of aliphatic imine (C=N–C) groups is 2. The van der Waals surface area contributed by atoms with Crippen LogP contribution in [0.5, 0.6) is 0 Å². The molecule has 3 aliphatic rings. The van der Waals surface area contributed by atoms with Crippen molar-refractivity contribution in [3.05, 3.63) is 71.8 Å². The van der Waals surface area contributed by atoms with Gasteiger partial charge in [-0.15, -0.1) is 5.10 Å². The molecular formula is C24H25F2N5O3. The van der Waals surface area contributed by atoms with Crippen LogP contribution in [0.2, 0.25) is 0 Å². The fraction of sp³-hybridized carbons (Fsp3) is 0.375. The van der Waals surface area contributed by atoms with Crippen molar-refractivity contribution in [2.24, 2.45) is 20.8 Å².